The summed E-state index contributed by atoms with van der Waals surface area (Å²) < 4.78 is 19.5. The maximum absolute atomic E-state index is 13.6. The Kier molecular flexibility index (Phi) is 5.32. The van der Waals surface area contributed by atoms with Crippen molar-refractivity contribution >= 4 is 33.9 Å². The van der Waals surface area contributed by atoms with Crippen molar-refractivity contribution in [2.45, 2.75) is 31.6 Å². The van der Waals surface area contributed by atoms with Crippen LogP contribution in [0.4, 0.5) is 15.9 Å². The van der Waals surface area contributed by atoms with Crippen molar-refractivity contribution in [3.63, 3.8) is 0 Å². The summed E-state index contributed by atoms with van der Waals surface area (Å²) in [6, 6.07) is 12.4. The molecule has 1 fully saturated rings. The first kappa shape index (κ1) is 20.3. The van der Waals surface area contributed by atoms with Crippen LogP contribution in [0, 0.1) is 0 Å². The normalized spacial score (nSPS) is 21.5. The number of anilines is 2. The van der Waals surface area contributed by atoms with E-state index >= 15 is 0 Å². The zero-order chi connectivity index (χ0) is 21.5. The number of nitrogens with zero attached hydrogens (tertiary/aromatic N) is 4. The van der Waals surface area contributed by atoms with E-state index in [1.54, 1.807) is 0 Å². The molecule has 1 saturated heterocycles. The fourth-order valence-corrected chi connectivity index (χ4v) is 4.90. The maximum atomic E-state index is 13.6. The number of nitrogen functional groups attached to an aromatic ring is 1. The van der Waals surface area contributed by atoms with Crippen LogP contribution in [0.15, 0.2) is 36.4 Å². The van der Waals surface area contributed by atoms with Crippen LogP contribution in [-0.4, -0.2) is 53.8 Å². The van der Waals surface area contributed by atoms with Gasteiger partial charge in [-0.25, -0.2) is 4.39 Å². The lowest BCUT2D eigenvalue weighted by Crippen LogP contribution is -2.33. The topological polar surface area (TPSA) is 67.5 Å². The van der Waals surface area contributed by atoms with Gasteiger partial charge in [0.2, 0.25) is 0 Å². The van der Waals surface area contributed by atoms with Gasteiger partial charge in [-0.1, -0.05) is 35.9 Å². The van der Waals surface area contributed by atoms with E-state index < -0.39 is 6.17 Å². The Hall–Kier alpha value is -2.64. The van der Waals surface area contributed by atoms with Crippen LogP contribution in [0.2, 0.25) is 5.02 Å². The van der Waals surface area contributed by atoms with Gasteiger partial charge < -0.3 is 15.4 Å². The Morgan fingerprint density at radius 3 is 2.81 bits per heavy atom. The number of hydrogen-bond acceptors (Lipinski definition) is 6. The van der Waals surface area contributed by atoms with Gasteiger partial charge in [0.25, 0.3) is 0 Å². The van der Waals surface area contributed by atoms with E-state index in [4.69, 9.17) is 22.1 Å². The number of alkyl halides is 1. The van der Waals surface area contributed by atoms with Crippen LogP contribution >= 0.6 is 11.6 Å². The molecule has 31 heavy (non-hydrogen) atoms. The van der Waals surface area contributed by atoms with Crippen molar-refractivity contribution in [1.82, 2.24) is 14.9 Å². The van der Waals surface area contributed by atoms with Gasteiger partial charge in [0.1, 0.15) is 18.6 Å². The SMILES string of the molecule is CN1C[C@H](F)C[C@@H]1COc1nc(N)c2c(n1)CN(c1cccc3cccc(Cl)c13)CC2. The van der Waals surface area contributed by atoms with Gasteiger partial charge >= 0.3 is 6.01 Å². The number of likely N-dealkylation sites (tertiary alicyclic amines) is 1. The molecule has 1 aromatic heterocycles. The number of fused-ring (bicyclic) bond motifs is 2. The van der Waals surface area contributed by atoms with E-state index in [9.17, 15) is 4.39 Å². The zero-order valence-electron chi connectivity index (χ0n) is 17.4. The van der Waals surface area contributed by atoms with Crippen LogP contribution < -0.4 is 15.4 Å². The third-order valence-electron chi connectivity index (χ3n) is 6.29. The van der Waals surface area contributed by atoms with Gasteiger partial charge in [-0.3, -0.25) is 4.90 Å². The van der Waals surface area contributed by atoms with Gasteiger partial charge in [0.05, 0.1) is 17.3 Å². The van der Waals surface area contributed by atoms with Gasteiger partial charge in [-0.05, 0) is 37.4 Å². The van der Waals surface area contributed by atoms with Crippen molar-refractivity contribution in [2.75, 3.05) is 37.4 Å². The predicted molar refractivity (Wildman–Crippen MR) is 122 cm³/mol. The summed E-state index contributed by atoms with van der Waals surface area (Å²) in [6.45, 7) is 2.18. The van der Waals surface area contributed by atoms with E-state index in [1.165, 1.54) is 0 Å². The molecular weight excluding hydrogens is 417 g/mol. The lowest BCUT2D eigenvalue weighted by atomic mass is 10.0. The molecule has 3 aromatic rings. The number of halogens is 2. The third-order valence-corrected chi connectivity index (χ3v) is 6.61. The fourth-order valence-electron chi connectivity index (χ4n) is 4.62. The molecule has 2 aliphatic rings. The molecule has 0 unspecified atom stereocenters. The lowest BCUT2D eigenvalue weighted by Gasteiger charge is -2.31. The average molecular weight is 442 g/mol. The van der Waals surface area contributed by atoms with E-state index in [0.29, 0.717) is 31.9 Å². The lowest BCUT2D eigenvalue weighted by molar-refractivity contribution is 0.187. The monoisotopic (exact) mass is 441 g/mol. The van der Waals surface area contributed by atoms with Crippen molar-refractivity contribution in [2.24, 2.45) is 0 Å². The minimum Gasteiger partial charge on any atom is -0.462 e. The van der Waals surface area contributed by atoms with Gasteiger partial charge in [0.15, 0.2) is 0 Å². The smallest absolute Gasteiger partial charge is 0.318 e. The molecule has 5 rings (SSSR count). The molecule has 3 heterocycles. The van der Waals surface area contributed by atoms with E-state index in [1.807, 2.05) is 30.1 Å². The summed E-state index contributed by atoms with van der Waals surface area (Å²) in [5.74, 6) is 0.457. The highest BCUT2D eigenvalue weighted by atomic mass is 35.5. The molecule has 0 radical (unpaired) electrons. The molecule has 2 aliphatic heterocycles. The molecule has 162 valence electrons. The Morgan fingerprint density at radius 1 is 1.23 bits per heavy atom. The number of aromatic nitrogens is 2. The van der Waals surface area contributed by atoms with Crippen LogP contribution in [-0.2, 0) is 13.0 Å². The second-order valence-electron chi connectivity index (χ2n) is 8.34. The Morgan fingerprint density at radius 2 is 2.03 bits per heavy atom. The van der Waals surface area contributed by atoms with Gasteiger partial charge in [0, 0.05) is 35.8 Å². The average Bonchev–Trinajstić information content (AvgIpc) is 3.08. The van der Waals surface area contributed by atoms with Crippen molar-refractivity contribution < 1.29 is 9.13 Å². The summed E-state index contributed by atoms with van der Waals surface area (Å²) in [6.07, 6.45) is 0.401. The Balaban J connectivity index is 1.40. The quantitative estimate of drug-likeness (QED) is 0.663. The van der Waals surface area contributed by atoms with Crippen LogP contribution in [0.25, 0.3) is 10.8 Å². The standard InChI is InChI=1S/C23H25ClFN5O/c1-29-11-15(25)10-16(29)13-31-23-27-19-12-30(9-8-17(19)22(26)28-23)20-7-3-5-14-4-2-6-18(24)21(14)20/h2-7,15-16H,8-13H2,1H3,(H2,26,27,28)/t15-,16-/m1/s1. The molecule has 0 saturated carbocycles. The molecule has 2 atom stereocenters. The Bertz CT molecular complexity index is 1120. The highest BCUT2D eigenvalue weighted by molar-refractivity contribution is 6.36. The highest BCUT2D eigenvalue weighted by Gasteiger charge is 2.30. The van der Waals surface area contributed by atoms with Crippen LogP contribution in [0.3, 0.4) is 0 Å². The molecule has 2 aromatic carbocycles. The van der Waals surface area contributed by atoms with Crippen molar-refractivity contribution in [3.05, 3.63) is 52.7 Å². The van der Waals surface area contributed by atoms with Crippen LogP contribution in [0.5, 0.6) is 6.01 Å². The van der Waals surface area contributed by atoms with Crippen LogP contribution in [0.1, 0.15) is 17.7 Å². The number of benzene rings is 2. The number of likely N-dealkylation sites (N-methyl/N-ethyl adjacent to an activating group) is 1. The second-order valence-corrected chi connectivity index (χ2v) is 8.75. The predicted octanol–water partition coefficient (Wildman–Crippen LogP) is 3.85. The molecule has 2 N–H and O–H groups in total. The summed E-state index contributed by atoms with van der Waals surface area (Å²) in [5, 5.41) is 2.88. The summed E-state index contributed by atoms with van der Waals surface area (Å²) in [7, 11) is 1.91. The maximum Gasteiger partial charge on any atom is 0.318 e. The summed E-state index contributed by atoms with van der Waals surface area (Å²) in [4.78, 5) is 13.2. The largest absolute Gasteiger partial charge is 0.462 e. The minimum absolute atomic E-state index is 0.0187. The second kappa shape index (κ2) is 8.13. The summed E-state index contributed by atoms with van der Waals surface area (Å²) in [5.41, 5.74) is 9.14. The number of nitrogens with two attached hydrogens (primary N) is 1. The van der Waals surface area contributed by atoms with E-state index in [-0.39, 0.29) is 12.1 Å². The minimum atomic E-state index is -0.811. The Labute approximate surface area is 185 Å². The molecule has 0 amide bonds. The van der Waals surface area contributed by atoms with Crippen molar-refractivity contribution in [3.8, 4) is 6.01 Å². The van der Waals surface area contributed by atoms with Gasteiger partial charge in [-0.2, -0.15) is 9.97 Å². The molecule has 8 heteroatoms. The number of rotatable bonds is 4. The summed E-state index contributed by atoms with van der Waals surface area (Å²) >= 11 is 6.53. The number of hydrogen-bond donors (Lipinski definition) is 1. The first-order chi connectivity index (χ1) is 15.0. The fraction of sp³-hybridized carbons (Fsp3) is 0.391. The number of ether oxygens (including phenoxy) is 1. The first-order valence-corrected chi connectivity index (χ1v) is 10.9. The zero-order valence-corrected chi connectivity index (χ0v) is 18.1. The molecule has 0 aliphatic carbocycles. The molecule has 0 bridgehead atoms. The third kappa shape index (κ3) is 3.88. The van der Waals surface area contributed by atoms with E-state index in [2.05, 4.69) is 33.1 Å². The van der Waals surface area contributed by atoms with E-state index in [0.717, 1.165) is 45.7 Å². The first-order valence-electron chi connectivity index (χ1n) is 10.5. The molecule has 0 spiro atoms. The molecular formula is C23H25ClFN5O. The van der Waals surface area contributed by atoms with Gasteiger partial charge in [-0.15, -0.1) is 0 Å². The molecule has 6 nitrogen and oxygen atoms in total. The van der Waals surface area contributed by atoms with Crippen molar-refractivity contribution in [1.29, 1.82) is 0 Å². The highest BCUT2D eigenvalue weighted by Crippen LogP contribution is 2.36.